The van der Waals surface area contributed by atoms with E-state index in [0.29, 0.717) is 100 Å². The minimum absolute atomic E-state index is 0.0339. The third kappa shape index (κ3) is 43.7. The molecule has 3 heterocycles. The normalized spacial score (nSPS) is 28.0. The fourth-order valence-corrected chi connectivity index (χ4v) is 21.1. The Morgan fingerprint density at radius 2 is 0.785 bits per heavy atom. The van der Waals surface area contributed by atoms with Gasteiger partial charge in [0.15, 0.2) is 18.9 Å². The molecule has 3 saturated heterocycles. The molecule has 0 aromatic rings. The maximum atomic E-state index is 14.2. The van der Waals surface area contributed by atoms with Crippen LogP contribution in [0.5, 0.6) is 0 Å². The largest absolute Gasteiger partial charge is 0.462 e. The maximum absolute atomic E-state index is 14.2. The zero-order chi connectivity index (χ0) is 105. The van der Waals surface area contributed by atoms with E-state index < -0.39 is 154 Å². The molecule has 7 aliphatic rings. The van der Waals surface area contributed by atoms with Crippen LogP contribution in [-0.2, 0) is 95.3 Å². The molecule has 0 bridgehead atoms. The summed E-state index contributed by atoms with van der Waals surface area (Å²) in [6.45, 7) is 7.03. The Hall–Kier alpha value is -6.66. The van der Waals surface area contributed by atoms with Crippen LogP contribution in [0.15, 0.2) is 23.8 Å². The summed E-state index contributed by atoms with van der Waals surface area (Å²) in [5.41, 5.74) is 0.147. The smallest absolute Gasteiger partial charge is 0.306 e. The van der Waals surface area contributed by atoms with E-state index in [1.54, 1.807) is 0 Å². The van der Waals surface area contributed by atoms with Gasteiger partial charge in [-0.15, -0.1) is 0 Å². The molecular weight excluding hydrogens is 1880 g/mol. The van der Waals surface area contributed by atoms with Gasteiger partial charge in [-0.25, -0.2) is 0 Å². The second-order valence-corrected chi connectivity index (χ2v) is 40.9. The zero-order valence-electron chi connectivity index (χ0n) is 86.0. The molecule has 7 rings (SSSR count). The van der Waals surface area contributed by atoms with Crippen molar-refractivity contribution in [3.05, 3.63) is 23.8 Å². The molecule has 0 aromatic heterocycles. The number of amides is 9. The van der Waals surface area contributed by atoms with Crippen LogP contribution in [-0.4, -0.2) is 356 Å². The Bertz CT molecular complexity index is 3570. The number of aliphatic hydroxyl groups is 12. The second kappa shape index (κ2) is 68.9. The SMILES string of the molecule is CCCCCCCC/C=C/CCCCCCCC(=O)O[C@H]1CC[C@@]2(C)C(=CC[C@H]3[C@@H]4CC[C@H]([C@H](C)CCC(=O)NCCCC(=O)NCC(=O)NC(COCCC(=O)NCCCNC(=O)CCCCO[C@@H]5O[C@H](CO)[C@H](O)[C@H](O)[C@H]5O)(COCCC(=O)NCCCNC(=O)CCCCO[C@@H]5O[C@H](CO)[C@H](O)[C@H](O)[C@H]5O)COCCC(=O)NCCCNC(=O)CCCCO[C@@H]5O[C@H](CO)[C@H](O)[C@H](O)[C@H]5O)[C@@]4(C)CC[C@@H]32)C1. The van der Waals surface area contributed by atoms with Crippen molar-refractivity contribution in [2.75, 3.05) is 132 Å². The van der Waals surface area contributed by atoms with Crippen LogP contribution in [0.25, 0.3) is 0 Å². The highest BCUT2D eigenvalue weighted by atomic mass is 16.7. The maximum Gasteiger partial charge on any atom is 0.306 e. The first-order valence-corrected chi connectivity index (χ1v) is 53.8. The number of allylic oxidation sites excluding steroid dienone is 3. The summed E-state index contributed by atoms with van der Waals surface area (Å²) in [6, 6.07) is 0. The number of nitrogens with one attached hydrogen (secondary N) is 9. The average molecular weight is 2060 g/mol. The molecular formula is C103H179N9O32. The highest BCUT2D eigenvalue weighted by molar-refractivity contribution is 5.85. The summed E-state index contributed by atoms with van der Waals surface area (Å²) in [5, 5.41) is 145. The van der Waals surface area contributed by atoms with Crippen LogP contribution in [0, 0.1) is 40.4 Å². The van der Waals surface area contributed by atoms with Crippen LogP contribution >= 0.6 is 0 Å². The standard InChI is InChI=1S/C103H179N9O32/c1-5-6-7-8-9-10-11-12-13-14-15-16-17-18-19-34-88(125)141-71-41-46-101(3)70(61-71)36-37-72-74-39-38-73(102(74,4)47-42-75(72)101)69(2)35-40-83(120)104-48-26-33-82(119)111-62-87(124)112-103(66-135-58-43-84(121)108-52-27-49-105-79(116)30-20-23-55-138-98-95(132)92(129)89(126)76(63-113)142-98,67-136-59-44-85(122)109-53-28-50-106-80(117)31-21-24-56-139-99-96(133)93(130)90(127)77(64-114)143-99)68-137-60-45-86(123)110-54-29-51-107-81(118)32-22-25-57-140-100-97(134)94(131)91(128)78(65-115)144-100/h12-13,36,69,71-78,89-100,113-115,126-134H,5-11,14-35,37-68H2,1-4H3,(H,104,120)(H,105,116)(H,106,117)(H,107,118)(H,108,121)(H,109,122)(H,110,123)(H,111,119)(H,112,124)/b13-12+/t69-,71+,72+,73-,74+,75+,76-,77-,78-,89+,90+,91+,92+,93+,94+,95-,96-,97-,98-,99-,100-,101+,102-/m1/s1. The first-order chi connectivity index (χ1) is 69.3. The summed E-state index contributed by atoms with van der Waals surface area (Å²) >= 11 is 0. The molecule has 23 atom stereocenters. The number of carbonyl (C=O) groups is 10. The van der Waals surface area contributed by atoms with E-state index in [4.69, 9.17) is 47.4 Å². The second-order valence-electron chi connectivity index (χ2n) is 40.9. The van der Waals surface area contributed by atoms with Gasteiger partial charge in [-0.05, 0) is 188 Å². The molecule has 21 N–H and O–H groups in total. The molecule has 0 aromatic carbocycles. The third-order valence-corrected chi connectivity index (χ3v) is 29.7. The molecule has 3 saturated carbocycles. The third-order valence-electron chi connectivity index (χ3n) is 29.7. The number of hydrogen-bond acceptors (Lipinski definition) is 32. The lowest BCUT2D eigenvalue weighted by Crippen LogP contribution is -2.60. The molecule has 828 valence electrons. The number of carbonyl (C=O) groups excluding carboxylic acids is 10. The predicted octanol–water partition coefficient (Wildman–Crippen LogP) is 2.85. The van der Waals surface area contributed by atoms with Crippen molar-refractivity contribution in [3.63, 3.8) is 0 Å². The Labute approximate surface area is 850 Å². The van der Waals surface area contributed by atoms with Crippen molar-refractivity contribution >= 4 is 59.1 Å². The molecule has 9 amide bonds. The van der Waals surface area contributed by atoms with Gasteiger partial charge in [-0.2, -0.15) is 0 Å². The fraction of sp³-hybridized carbons (Fsp3) is 0.864. The van der Waals surface area contributed by atoms with Crippen LogP contribution < -0.4 is 47.9 Å². The van der Waals surface area contributed by atoms with Crippen molar-refractivity contribution in [1.29, 1.82) is 0 Å². The summed E-state index contributed by atoms with van der Waals surface area (Å²) in [6.07, 6.45) is 15.2. The Kier molecular flexibility index (Phi) is 59.5. The number of unbranched alkanes of at least 4 members (excludes halogenated alkanes) is 14. The quantitative estimate of drug-likeness (QED) is 0.0236. The molecule has 6 fully saturated rings. The summed E-state index contributed by atoms with van der Waals surface area (Å²) in [4.78, 5) is 132. The van der Waals surface area contributed by atoms with Crippen LogP contribution in [0.2, 0.25) is 0 Å². The van der Waals surface area contributed by atoms with Gasteiger partial charge in [-0.3, -0.25) is 47.9 Å². The van der Waals surface area contributed by atoms with Gasteiger partial charge in [0, 0.05) is 130 Å². The van der Waals surface area contributed by atoms with Gasteiger partial charge in [-0.1, -0.05) is 103 Å². The van der Waals surface area contributed by atoms with Crippen molar-refractivity contribution in [1.82, 2.24) is 47.9 Å². The van der Waals surface area contributed by atoms with Gasteiger partial charge < -0.3 is 156 Å². The van der Waals surface area contributed by atoms with E-state index in [1.807, 2.05) is 0 Å². The van der Waals surface area contributed by atoms with Gasteiger partial charge in [0.05, 0.1) is 66.0 Å². The number of rotatable bonds is 75. The highest BCUT2D eigenvalue weighted by Crippen LogP contribution is 2.67. The van der Waals surface area contributed by atoms with Crippen LogP contribution in [0.3, 0.4) is 0 Å². The minimum Gasteiger partial charge on any atom is -0.462 e. The van der Waals surface area contributed by atoms with E-state index in [2.05, 4.69) is 93.8 Å². The number of ether oxygens (including phenoxy) is 10. The molecule has 144 heavy (non-hydrogen) atoms. The number of esters is 1. The lowest BCUT2D eigenvalue weighted by atomic mass is 9.47. The van der Waals surface area contributed by atoms with E-state index in [0.717, 1.165) is 70.6 Å². The van der Waals surface area contributed by atoms with Gasteiger partial charge >= 0.3 is 5.97 Å². The first kappa shape index (κ1) is 124. The van der Waals surface area contributed by atoms with E-state index in [1.165, 1.54) is 76.2 Å². The Balaban J connectivity index is 0.864. The summed E-state index contributed by atoms with van der Waals surface area (Å²) < 4.78 is 57.1. The Morgan fingerprint density at radius 1 is 0.403 bits per heavy atom. The minimum atomic E-state index is -1.61. The van der Waals surface area contributed by atoms with Crippen LogP contribution in [0.1, 0.15) is 291 Å². The van der Waals surface area contributed by atoms with Crippen molar-refractivity contribution in [2.45, 2.75) is 395 Å². The number of aliphatic hydroxyl groups excluding tert-OH is 12. The monoisotopic (exact) mass is 2050 g/mol. The molecule has 4 aliphatic carbocycles. The molecule has 0 spiro atoms. The van der Waals surface area contributed by atoms with Crippen molar-refractivity contribution in [2.24, 2.45) is 40.4 Å². The summed E-state index contributed by atoms with van der Waals surface area (Å²) in [5.74, 6) is -0.822. The molecule has 0 unspecified atom stereocenters. The molecule has 41 heteroatoms. The molecule has 3 aliphatic heterocycles. The van der Waals surface area contributed by atoms with Crippen molar-refractivity contribution < 1.29 is 157 Å². The fourth-order valence-electron chi connectivity index (χ4n) is 21.1. The number of hydrogen-bond donors (Lipinski definition) is 21. The van der Waals surface area contributed by atoms with E-state index >= 15 is 0 Å². The van der Waals surface area contributed by atoms with Crippen LogP contribution in [0.4, 0.5) is 0 Å². The number of fused-ring (bicyclic) bond motifs is 5. The topological polar surface area (TPSA) is 614 Å². The lowest BCUT2D eigenvalue weighted by Gasteiger charge is -2.58. The van der Waals surface area contributed by atoms with Gasteiger partial charge in [0.25, 0.3) is 0 Å². The van der Waals surface area contributed by atoms with Crippen molar-refractivity contribution in [3.8, 4) is 0 Å². The van der Waals surface area contributed by atoms with E-state index in [-0.39, 0.29) is 203 Å². The highest BCUT2D eigenvalue weighted by Gasteiger charge is 2.60. The zero-order valence-corrected chi connectivity index (χ0v) is 86.0. The van der Waals surface area contributed by atoms with E-state index in [9.17, 15) is 109 Å². The Morgan fingerprint density at radius 3 is 1.22 bits per heavy atom. The average Bonchev–Trinajstić information content (AvgIpc) is 1.48. The van der Waals surface area contributed by atoms with Gasteiger partial charge in [0.1, 0.15) is 84.9 Å². The first-order valence-electron chi connectivity index (χ1n) is 53.8. The predicted molar refractivity (Wildman–Crippen MR) is 528 cm³/mol. The lowest BCUT2D eigenvalue weighted by molar-refractivity contribution is -0.301. The van der Waals surface area contributed by atoms with Gasteiger partial charge in [0.2, 0.25) is 53.2 Å². The molecule has 41 nitrogen and oxygen atoms in total. The molecule has 0 radical (unpaired) electrons. The summed E-state index contributed by atoms with van der Waals surface area (Å²) in [7, 11) is 0.